The van der Waals surface area contributed by atoms with Gasteiger partial charge in [-0.2, -0.15) is 0 Å². The first-order valence-electron chi connectivity index (χ1n) is 7.54. The summed E-state index contributed by atoms with van der Waals surface area (Å²) in [4.78, 5) is 23.4. The van der Waals surface area contributed by atoms with E-state index in [9.17, 15) is 9.59 Å². The van der Waals surface area contributed by atoms with Crippen molar-refractivity contribution in [3.8, 4) is 5.75 Å². The van der Waals surface area contributed by atoms with Crippen molar-refractivity contribution in [2.24, 2.45) is 0 Å². The van der Waals surface area contributed by atoms with Crippen molar-refractivity contribution < 1.29 is 23.8 Å². The standard InChI is InChI=1S/C19H16O5/c20-18(23-13-17-12-22-17)11-8-14-6-9-16(10-7-14)24-19(21)15-4-2-1-3-5-15/h1-11,17H,12-13H2. The van der Waals surface area contributed by atoms with Gasteiger partial charge in [0.2, 0.25) is 0 Å². The summed E-state index contributed by atoms with van der Waals surface area (Å²) in [6.07, 6.45) is 3.05. The highest BCUT2D eigenvalue weighted by atomic mass is 16.6. The Morgan fingerprint density at radius 3 is 2.46 bits per heavy atom. The number of esters is 2. The molecule has 0 bridgehead atoms. The van der Waals surface area contributed by atoms with Crippen molar-refractivity contribution in [3.05, 3.63) is 71.8 Å². The van der Waals surface area contributed by atoms with Crippen LogP contribution in [-0.4, -0.2) is 31.3 Å². The van der Waals surface area contributed by atoms with Gasteiger partial charge in [0.25, 0.3) is 0 Å². The number of carbonyl (C=O) groups is 2. The van der Waals surface area contributed by atoms with Gasteiger partial charge in [-0.25, -0.2) is 9.59 Å². The first-order valence-corrected chi connectivity index (χ1v) is 7.54. The molecule has 2 aromatic carbocycles. The first-order chi connectivity index (χ1) is 11.7. The normalized spacial score (nSPS) is 15.9. The quantitative estimate of drug-likeness (QED) is 0.354. The van der Waals surface area contributed by atoms with Gasteiger partial charge in [-0.15, -0.1) is 0 Å². The Kier molecular flexibility index (Phi) is 5.03. The molecule has 122 valence electrons. The number of benzene rings is 2. The Labute approximate surface area is 139 Å². The Balaban J connectivity index is 1.52. The summed E-state index contributed by atoms with van der Waals surface area (Å²) in [6, 6.07) is 15.6. The maximum absolute atomic E-state index is 11.9. The van der Waals surface area contributed by atoms with Gasteiger partial charge >= 0.3 is 11.9 Å². The number of carbonyl (C=O) groups excluding carboxylic acids is 2. The molecule has 5 nitrogen and oxygen atoms in total. The third kappa shape index (κ3) is 4.79. The summed E-state index contributed by atoms with van der Waals surface area (Å²) in [5, 5.41) is 0. The highest BCUT2D eigenvalue weighted by molar-refractivity contribution is 5.91. The van der Waals surface area contributed by atoms with E-state index < -0.39 is 11.9 Å². The van der Waals surface area contributed by atoms with Crippen LogP contribution in [0.4, 0.5) is 0 Å². The maximum atomic E-state index is 11.9. The van der Waals surface area contributed by atoms with Crippen LogP contribution in [0.15, 0.2) is 60.7 Å². The van der Waals surface area contributed by atoms with Crippen LogP contribution in [0, 0.1) is 0 Å². The lowest BCUT2D eigenvalue weighted by Crippen LogP contribution is -2.08. The molecular formula is C19H16O5. The minimum Gasteiger partial charge on any atom is -0.460 e. The lowest BCUT2D eigenvalue weighted by molar-refractivity contribution is -0.138. The van der Waals surface area contributed by atoms with E-state index in [2.05, 4.69) is 0 Å². The molecule has 1 atom stereocenters. The molecule has 0 aliphatic carbocycles. The molecule has 0 N–H and O–H groups in total. The summed E-state index contributed by atoms with van der Waals surface area (Å²) in [6.45, 7) is 0.942. The highest BCUT2D eigenvalue weighted by Crippen LogP contribution is 2.15. The molecule has 0 saturated carbocycles. The zero-order valence-electron chi connectivity index (χ0n) is 12.9. The second kappa shape index (κ2) is 7.57. The molecule has 1 fully saturated rings. The van der Waals surface area contributed by atoms with E-state index in [1.54, 1.807) is 54.6 Å². The SMILES string of the molecule is O=C(C=Cc1ccc(OC(=O)c2ccccc2)cc1)OCC1CO1. The van der Waals surface area contributed by atoms with Gasteiger partial charge in [0.05, 0.1) is 12.2 Å². The molecule has 1 aliphatic heterocycles. The van der Waals surface area contributed by atoms with Crippen LogP contribution < -0.4 is 4.74 Å². The van der Waals surface area contributed by atoms with Crippen molar-refractivity contribution in [2.45, 2.75) is 6.10 Å². The van der Waals surface area contributed by atoms with E-state index in [1.165, 1.54) is 6.08 Å². The van der Waals surface area contributed by atoms with E-state index in [0.717, 1.165) is 5.56 Å². The third-order valence-corrected chi connectivity index (χ3v) is 3.33. The number of rotatable bonds is 6. The Morgan fingerprint density at radius 1 is 1.08 bits per heavy atom. The Morgan fingerprint density at radius 2 is 1.79 bits per heavy atom. The van der Waals surface area contributed by atoms with E-state index in [-0.39, 0.29) is 12.7 Å². The fourth-order valence-electron chi connectivity index (χ4n) is 1.94. The summed E-state index contributed by atoms with van der Waals surface area (Å²) in [7, 11) is 0. The molecule has 5 heteroatoms. The van der Waals surface area contributed by atoms with E-state index in [0.29, 0.717) is 17.9 Å². The fraction of sp³-hybridized carbons (Fsp3) is 0.158. The molecule has 1 aliphatic rings. The van der Waals surface area contributed by atoms with Gasteiger partial charge in [0, 0.05) is 6.08 Å². The molecule has 3 rings (SSSR count). The molecule has 1 unspecified atom stereocenters. The van der Waals surface area contributed by atoms with Crippen LogP contribution in [0.3, 0.4) is 0 Å². The van der Waals surface area contributed by atoms with Crippen LogP contribution >= 0.6 is 0 Å². The van der Waals surface area contributed by atoms with Gasteiger partial charge in [-0.05, 0) is 35.9 Å². The fourth-order valence-corrected chi connectivity index (χ4v) is 1.94. The predicted molar refractivity (Wildman–Crippen MR) is 87.6 cm³/mol. The lowest BCUT2D eigenvalue weighted by Gasteiger charge is -2.04. The molecule has 24 heavy (non-hydrogen) atoms. The third-order valence-electron chi connectivity index (χ3n) is 3.33. The van der Waals surface area contributed by atoms with Crippen molar-refractivity contribution >= 4 is 18.0 Å². The largest absolute Gasteiger partial charge is 0.460 e. The monoisotopic (exact) mass is 324 g/mol. The van der Waals surface area contributed by atoms with Crippen molar-refractivity contribution in [2.75, 3.05) is 13.2 Å². The zero-order valence-corrected chi connectivity index (χ0v) is 12.9. The summed E-state index contributed by atoms with van der Waals surface area (Å²) < 4.78 is 15.2. The van der Waals surface area contributed by atoms with Crippen LogP contribution in [0.25, 0.3) is 6.08 Å². The topological polar surface area (TPSA) is 65.1 Å². The zero-order chi connectivity index (χ0) is 16.8. The molecule has 1 saturated heterocycles. The lowest BCUT2D eigenvalue weighted by atomic mass is 10.2. The maximum Gasteiger partial charge on any atom is 0.343 e. The van der Waals surface area contributed by atoms with Gasteiger partial charge in [-0.3, -0.25) is 0 Å². The smallest absolute Gasteiger partial charge is 0.343 e. The van der Waals surface area contributed by atoms with Gasteiger partial charge in [0.15, 0.2) is 0 Å². The Bertz CT molecular complexity index is 730. The van der Waals surface area contributed by atoms with Crippen LogP contribution in [0.2, 0.25) is 0 Å². The van der Waals surface area contributed by atoms with E-state index in [4.69, 9.17) is 14.2 Å². The molecule has 1 heterocycles. The van der Waals surface area contributed by atoms with Gasteiger partial charge < -0.3 is 14.2 Å². The number of ether oxygens (including phenoxy) is 3. The highest BCUT2D eigenvalue weighted by Gasteiger charge is 2.23. The van der Waals surface area contributed by atoms with Gasteiger partial charge in [0.1, 0.15) is 18.5 Å². The van der Waals surface area contributed by atoms with Crippen LogP contribution in [0.1, 0.15) is 15.9 Å². The van der Waals surface area contributed by atoms with Crippen LogP contribution in [-0.2, 0) is 14.3 Å². The minimum absolute atomic E-state index is 0.0564. The molecule has 0 spiro atoms. The number of hydrogen-bond donors (Lipinski definition) is 0. The predicted octanol–water partition coefficient (Wildman–Crippen LogP) is 2.86. The van der Waals surface area contributed by atoms with Crippen LogP contribution in [0.5, 0.6) is 5.75 Å². The van der Waals surface area contributed by atoms with E-state index in [1.807, 2.05) is 6.07 Å². The van der Waals surface area contributed by atoms with Crippen molar-refractivity contribution in [3.63, 3.8) is 0 Å². The molecule has 0 amide bonds. The first kappa shape index (κ1) is 16.0. The Hall–Kier alpha value is -2.92. The second-order valence-corrected chi connectivity index (χ2v) is 5.24. The minimum atomic E-state index is -0.412. The van der Waals surface area contributed by atoms with Crippen molar-refractivity contribution in [1.82, 2.24) is 0 Å². The molecule has 0 radical (unpaired) electrons. The van der Waals surface area contributed by atoms with Crippen molar-refractivity contribution in [1.29, 1.82) is 0 Å². The molecule has 0 aromatic heterocycles. The van der Waals surface area contributed by atoms with E-state index >= 15 is 0 Å². The molecular weight excluding hydrogens is 308 g/mol. The second-order valence-electron chi connectivity index (χ2n) is 5.24. The number of hydrogen-bond acceptors (Lipinski definition) is 5. The summed E-state index contributed by atoms with van der Waals surface area (Å²) in [5.74, 6) is -0.385. The summed E-state index contributed by atoms with van der Waals surface area (Å²) >= 11 is 0. The average Bonchev–Trinajstić information content (AvgIpc) is 3.44. The number of epoxide rings is 1. The average molecular weight is 324 g/mol. The molecule has 2 aromatic rings. The summed E-state index contributed by atoms with van der Waals surface area (Å²) in [5.41, 5.74) is 1.29. The van der Waals surface area contributed by atoms with Gasteiger partial charge in [-0.1, -0.05) is 30.3 Å².